The van der Waals surface area contributed by atoms with Crippen LogP contribution in [0.1, 0.15) is 30.9 Å². The minimum Gasteiger partial charge on any atom is -0.351 e. The number of nitrogens with one attached hydrogen (secondary N) is 2. The average Bonchev–Trinajstić information content (AvgIpc) is 2.35. The number of hydrogen-bond acceptors (Lipinski definition) is 2. The summed E-state index contributed by atoms with van der Waals surface area (Å²) in [5.41, 5.74) is 2.12. The van der Waals surface area contributed by atoms with Crippen molar-refractivity contribution in [2.24, 2.45) is 0 Å². The second kappa shape index (κ2) is 7.28. The summed E-state index contributed by atoms with van der Waals surface area (Å²) in [4.78, 5) is 11.3. The van der Waals surface area contributed by atoms with Crippen LogP contribution in [0.25, 0.3) is 0 Å². The maximum atomic E-state index is 11.9. The molecular weight excluding hydrogens is 269 g/mol. The van der Waals surface area contributed by atoms with Gasteiger partial charge in [-0.3, -0.25) is 4.79 Å². The smallest absolute Gasteiger partial charge is 0.351 e. The summed E-state index contributed by atoms with van der Waals surface area (Å²) in [7, 11) is 0. The van der Waals surface area contributed by atoms with E-state index < -0.39 is 18.6 Å². The van der Waals surface area contributed by atoms with E-state index in [2.05, 4.69) is 19.2 Å². The van der Waals surface area contributed by atoms with Gasteiger partial charge in [0.15, 0.2) is 0 Å². The Morgan fingerprint density at radius 1 is 1.20 bits per heavy atom. The van der Waals surface area contributed by atoms with Crippen LogP contribution < -0.4 is 10.6 Å². The Kier molecular flexibility index (Phi) is 6.01. The summed E-state index contributed by atoms with van der Waals surface area (Å²) in [6, 6.07) is 7.76. The lowest BCUT2D eigenvalue weighted by Gasteiger charge is -2.10. The summed E-state index contributed by atoms with van der Waals surface area (Å²) in [6.45, 7) is 2.98. The molecule has 112 valence electrons. The zero-order valence-corrected chi connectivity index (χ0v) is 11.6. The molecular formula is C14H19F3N2O. The third kappa shape index (κ3) is 6.56. The molecule has 0 spiro atoms. The van der Waals surface area contributed by atoms with E-state index in [1.165, 1.54) is 5.56 Å². The summed E-state index contributed by atoms with van der Waals surface area (Å²) < 4.78 is 35.6. The predicted octanol–water partition coefficient (Wildman–Crippen LogP) is 2.58. The molecule has 20 heavy (non-hydrogen) atoms. The number of benzene rings is 1. The summed E-state index contributed by atoms with van der Waals surface area (Å²) in [5.74, 6) is -0.0209. The van der Waals surface area contributed by atoms with Crippen LogP contribution in [-0.4, -0.2) is 25.2 Å². The van der Waals surface area contributed by atoms with Crippen LogP contribution in [0, 0.1) is 0 Å². The lowest BCUT2D eigenvalue weighted by Crippen LogP contribution is -2.37. The van der Waals surface area contributed by atoms with Crippen LogP contribution in [0.2, 0.25) is 0 Å². The zero-order chi connectivity index (χ0) is 15.2. The van der Waals surface area contributed by atoms with Crippen molar-refractivity contribution in [1.29, 1.82) is 0 Å². The van der Waals surface area contributed by atoms with Gasteiger partial charge < -0.3 is 10.6 Å². The third-order valence-electron chi connectivity index (χ3n) is 2.75. The molecule has 0 radical (unpaired) electrons. The molecule has 0 unspecified atom stereocenters. The molecule has 0 aromatic heterocycles. The number of carbonyl (C=O) groups is 1. The highest BCUT2D eigenvalue weighted by Gasteiger charge is 2.26. The number of halogens is 3. The summed E-state index contributed by atoms with van der Waals surface area (Å²) in [6.07, 6.45) is -4.30. The molecule has 0 aliphatic rings. The quantitative estimate of drug-likeness (QED) is 0.844. The van der Waals surface area contributed by atoms with Crippen molar-refractivity contribution in [2.45, 2.75) is 32.5 Å². The van der Waals surface area contributed by atoms with Crippen LogP contribution >= 0.6 is 0 Å². The molecule has 1 amide bonds. The van der Waals surface area contributed by atoms with E-state index in [4.69, 9.17) is 0 Å². The van der Waals surface area contributed by atoms with E-state index in [9.17, 15) is 18.0 Å². The van der Waals surface area contributed by atoms with Crippen molar-refractivity contribution < 1.29 is 18.0 Å². The first-order valence-corrected chi connectivity index (χ1v) is 6.41. The maximum absolute atomic E-state index is 11.9. The monoisotopic (exact) mass is 288 g/mol. The second-order valence-corrected chi connectivity index (χ2v) is 4.89. The Balaban J connectivity index is 2.30. The van der Waals surface area contributed by atoms with Gasteiger partial charge in [0.05, 0.1) is 13.1 Å². The van der Waals surface area contributed by atoms with Crippen molar-refractivity contribution in [3.05, 3.63) is 35.4 Å². The highest BCUT2D eigenvalue weighted by atomic mass is 19.4. The molecule has 0 saturated carbocycles. The molecule has 1 rings (SSSR count). The largest absolute Gasteiger partial charge is 0.401 e. The van der Waals surface area contributed by atoms with Gasteiger partial charge in [0, 0.05) is 6.54 Å². The highest BCUT2D eigenvalue weighted by Crippen LogP contribution is 2.14. The van der Waals surface area contributed by atoms with Crippen LogP contribution in [-0.2, 0) is 11.3 Å². The Labute approximate surface area is 116 Å². The summed E-state index contributed by atoms with van der Waals surface area (Å²) in [5, 5.41) is 4.61. The zero-order valence-electron chi connectivity index (χ0n) is 11.6. The molecule has 6 heteroatoms. The van der Waals surface area contributed by atoms with Gasteiger partial charge in [0.1, 0.15) is 0 Å². The first-order chi connectivity index (χ1) is 9.28. The third-order valence-corrected chi connectivity index (χ3v) is 2.75. The van der Waals surface area contributed by atoms with Crippen LogP contribution in [0.15, 0.2) is 24.3 Å². The lowest BCUT2D eigenvalue weighted by molar-refractivity contribution is -0.128. The lowest BCUT2D eigenvalue weighted by atomic mass is 10.0. The van der Waals surface area contributed by atoms with Crippen molar-refractivity contribution >= 4 is 5.91 Å². The molecule has 1 aromatic carbocycles. The topological polar surface area (TPSA) is 41.1 Å². The van der Waals surface area contributed by atoms with E-state index in [-0.39, 0.29) is 6.54 Å². The van der Waals surface area contributed by atoms with Crippen molar-refractivity contribution in [2.75, 3.05) is 13.1 Å². The van der Waals surface area contributed by atoms with Crippen LogP contribution in [0.4, 0.5) is 13.2 Å². The van der Waals surface area contributed by atoms with Gasteiger partial charge in [-0.15, -0.1) is 0 Å². The first-order valence-electron chi connectivity index (χ1n) is 6.41. The second-order valence-electron chi connectivity index (χ2n) is 4.89. The minimum atomic E-state index is -4.30. The van der Waals surface area contributed by atoms with Crippen molar-refractivity contribution in [3.63, 3.8) is 0 Å². The first kappa shape index (κ1) is 16.5. The molecule has 0 aliphatic carbocycles. The SMILES string of the molecule is CC(C)c1ccc(CNC(=O)CNCC(F)(F)F)cc1. The Bertz CT molecular complexity index is 427. The van der Waals surface area contributed by atoms with Crippen molar-refractivity contribution in [3.8, 4) is 0 Å². The Hall–Kier alpha value is -1.56. The van der Waals surface area contributed by atoms with E-state index in [0.29, 0.717) is 12.5 Å². The van der Waals surface area contributed by atoms with E-state index >= 15 is 0 Å². The van der Waals surface area contributed by atoms with Gasteiger partial charge in [0.25, 0.3) is 0 Å². The Morgan fingerprint density at radius 2 is 1.80 bits per heavy atom. The molecule has 0 atom stereocenters. The molecule has 0 aliphatic heterocycles. The molecule has 0 saturated heterocycles. The molecule has 2 N–H and O–H groups in total. The van der Waals surface area contributed by atoms with Gasteiger partial charge >= 0.3 is 6.18 Å². The van der Waals surface area contributed by atoms with E-state index in [1.54, 1.807) is 0 Å². The molecule has 0 bridgehead atoms. The number of amides is 1. The average molecular weight is 288 g/mol. The van der Waals surface area contributed by atoms with Gasteiger partial charge in [-0.05, 0) is 17.0 Å². The number of hydrogen-bond donors (Lipinski definition) is 2. The standard InChI is InChI=1S/C14H19F3N2O/c1-10(2)12-5-3-11(4-6-12)7-19-13(20)8-18-9-14(15,16)17/h3-6,10,18H,7-9H2,1-2H3,(H,19,20). The molecule has 1 aromatic rings. The molecule has 0 fully saturated rings. The van der Waals surface area contributed by atoms with Gasteiger partial charge in [0.2, 0.25) is 5.91 Å². The predicted molar refractivity (Wildman–Crippen MR) is 71.3 cm³/mol. The fourth-order valence-electron chi connectivity index (χ4n) is 1.60. The van der Waals surface area contributed by atoms with Crippen LogP contribution in [0.5, 0.6) is 0 Å². The highest BCUT2D eigenvalue weighted by molar-refractivity contribution is 5.77. The Morgan fingerprint density at radius 3 is 2.30 bits per heavy atom. The van der Waals surface area contributed by atoms with Crippen molar-refractivity contribution in [1.82, 2.24) is 10.6 Å². The van der Waals surface area contributed by atoms with E-state index in [1.807, 2.05) is 29.6 Å². The van der Waals surface area contributed by atoms with Gasteiger partial charge in [-0.1, -0.05) is 38.1 Å². The maximum Gasteiger partial charge on any atom is 0.401 e. The fourth-order valence-corrected chi connectivity index (χ4v) is 1.60. The van der Waals surface area contributed by atoms with Gasteiger partial charge in [-0.25, -0.2) is 0 Å². The van der Waals surface area contributed by atoms with Crippen LogP contribution in [0.3, 0.4) is 0 Å². The normalized spacial score (nSPS) is 11.7. The van der Waals surface area contributed by atoms with E-state index in [0.717, 1.165) is 5.56 Å². The summed E-state index contributed by atoms with van der Waals surface area (Å²) >= 11 is 0. The molecule has 3 nitrogen and oxygen atoms in total. The fraction of sp³-hybridized carbons (Fsp3) is 0.500. The minimum absolute atomic E-state index is 0.310. The number of rotatable bonds is 6. The number of alkyl halides is 3. The van der Waals surface area contributed by atoms with Gasteiger partial charge in [-0.2, -0.15) is 13.2 Å². The molecule has 0 heterocycles. The number of carbonyl (C=O) groups excluding carboxylic acids is 1.